The first-order chi connectivity index (χ1) is 14.6. The van der Waals surface area contributed by atoms with Gasteiger partial charge in [-0.3, -0.25) is 14.9 Å². The molecule has 0 spiro atoms. The maximum atomic E-state index is 12.6. The third-order valence-electron chi connectivity index (χ3n) is 4.49. The minimum absolute atomic E-state index is 0.195. The molecule has 0 aliphatic carbocycles. The van der Waals surface area contributed by atoms with Gasteiger partial charge in [-0.05, 0) is 48.9 Å². The maximum absolute atomic E-state index is 12.6. The first kappa shape index (κ1) is 19.5. The van der Waals surface area contributed by atoms with Crippen molar-refractivity contribution in [3.8, 4) is 10.4 Å². The van der Waals surface area contributed by atoms with Crippen molar-refractivity contribution < 1.29 is 9.59 Å². The van der Waals surface area contributed by atoms with E-state index >= 15 is 0 Å². The van der Waals surface area contributed by atoms with E-state index in [0.29, 0.717) is 21.9 Å². The first-order valence-corrected chi connectivity index (χ1v) is 10.2. The highest BCUT2D eigenvalue weighted by molar-refractivity contribution is 7.19. The summed E-state index contributed by atoms with van der Waals surface area (Å²) in [5, 5.41) is 6.23. The number of carbonyl (C=O) groups excluding carboxylic acids is 2. The van der Waals surface area contributed by atoms with Crippen molar-refractivity contribution in [3.63, 3.8) is 0 Å². The van der Waals surface area contributed by atoms with Crippen LogP contribution in [0.5, 0.6) is 0 Å². The average Bonchev–Trinajstić information content (AvgIpc) is 3.15. The molecule has 2 amide bonds. The molecule has 0 saturated carbocycles. The molecule has 0 radical (unpaired) electrons. The van der Waals surface area contributed by atoms with Crippen LogP contribution in [0.3, 0.4) is 0 Å². The normalized spacial score (nSPS) is 10.4. The van der Waals surface area contributed by atoms with E-state index in [4.69, 9.17) is 0 Å². The molecule has 0 fully saturated rings. The summed E-state index contributed by atoms with van der Waals surface area (Å²) < 4.78 is 0. The Hall–Kier alpha value is -3.77. The Morgan fingerprint density at radius 1 is 0.733 bits per heavy atom. The van der Waals surface area contributed by atoms with Gasteiger partial charge in [0.2, 0.25) is 0 Å². The van der Waals surface area contributed by atoms with E-state index in [9.17, 15) is 9.59 Å². The zero-order chi connectivity index (χ0) is 20.9. The second-order valence-electron chi connectivity index (χ2n) is 6.65. The van der Waals surface area contributed by atoms with Gasteiger partial charge in [-0.25, -0.2) is 4.98 Å². The molecule has 148 valence electrons. The summed E-state index contributed by atoms with van der Waals surface area (Å²) in [6.07, 6.45) is 0. The van der Waals surface area contributed by atoms with Gasteiger partial charge in [0.05, 0.1) is 10.6 Å². The molecule has 6 heteroatoms. The fourth-order valence-corrected chi connectivity index (χ4v) is 3.94. The van der Waals surface area contributed by atoms with Crippen LogP contribution in [0.1, 0.15) is 26.4 Å². The summed E-state index contributed by atoms with van der Waals surface area (Å²) in [5.74, 6) is -0.441. The summed E-state index contributed by atoms with van der Waals surface area (Å²) in [7, 11) is 0. The van der Waals surface area contributed by atoms with Gasteiger partial charge in [0.1, 0.15) is 0 Å². The predicted molar refractivity (Wildman–Crippen MR) is 121 cm³/mol. The van der Waals surface area contributed by atoms with Crippen LogP contribution in [0, 0.1) is 6.92 Å². The zero-order valence-electron chi connectivity index (χ0n) is 16.3. The number of hydrogen-bond donors (Lipinski definition) is 2. The fourth-order valence-electron chi connectivity index (χ4n) is 2.97. The molecule has 30 heavy (non-hydrogen) atoms. The Kier molecular flexibility index (Phi) is 5.68. The van der Waals surface area contributed by atoms with E-state index in [1.165, 1.54) is 11.3 Å². The minimum Gasteiger partial charge on any atom is -0.322 e. The van der Waals surface area contributed by atoms with Crippen molar-refractivity contribution in [2.24, 2.45) is 0 Å². The third kappa shape index (κ3) is 4.45. The van der Waals surface area contributed by atoms with Gasteiger partial charge in [-0.1, -0.05) is 59.9 Å². The van der Waals surface area contributed by atoms with Crippen molar-refractivity contribution in [1.82, 2.24) is 4.98 Å². The number of aryl methyl sites for hydroxylation is 1. The molecule has 0 aliphatic heterocycles. The lowest BCUT2D eigenvalue weighted by atomic mass is 10.1. The Morgan fingerprint density at radius 3 is 1.97 bits per heavy atom. The maximum Gasteiger partial charge on any atom is 0.257 e. The number of benzene rings is 3. The van der Waals surface area contributed by atoms with Crippen molar-refractivity contribution in [2.75, 3.05) is 10.6 Å². The second-order valence-corrected chi connectivity index (χ2v) is 7.65. The van der Waals surface area contributed by atoms with Gasteiger partial charge in [-0.15, -0.1) is 0 Å². The van der Waals surface area contributed by atoms with Crippen molar-refractivity contribution in [3.05, 3.63) is 102 Å². The van der Waals surface area contributed by atoms with Gasteiger partial charge in [-0.2, -0.15) is 0 Å². The Balaban J connectivity index is 1.43. The SMILES string of the molecule is Cc1nc(NC(=O)c2ccc(NC(=O)c3ccccc3)cc2)sc1-c1ccccc1. The highest BCUT2D eigenvalue weighted by Gasteiger charge is 2.13. The molecule has 0 atom stereocenters. The lowest BCUT2D eigenvalue weighted by Gasteiger charge is -2.06. The molecule has 0 saturated heterocycles. The molecule has 3 aromatic carbocycles. The van der Waals surface area contributed by atoms with Crippen LogP contribution in [0.25, 0.3) is 10.4 Å². The van der Waals surface area contributed by atoms with E-state index in [0.717, 1.165) is 16.1 Å². The van der Waals surface area contributed by atoms with E-state index < -0.39 is 0 Å². The molecule has 2 N–H and O–H groups in total. The lowest BCUT2D eigenvalue weighted by Crippen LogP contribution is -2.13. The van der Waals surface area contributed by atoms with Gasteiger partial charge in [0.15, 0.2) is 5.13 Å². The Labute approximate surface area is 178 Å². The van der Waals surface area contributed by atoms with Crippen LogP contribution < -0.4 is 10.6 Å². The van der Waals surface area contributed by atoms with Gasteiger partial charge >= 0.3 is 0 Å². The van der Waals surface area contributed by atoms with Crippen LogP contribution in [-0.4, -0.2) is 16.8 Å². The average molecular weight is 414 g/mol. The third-order valence-corrected chi connectivity index (χ3v) is 5.62. The summed E-state index contributed by atoms with van der Waals surface area (Å²) in [6.45, 7) is 1.93. The van der Waals surface area contributed by atoms with Crippen LogP contribution in [0.2, 0.25) is 0 Å². The molecule has 5 nitrogen and oxygen atoms in total. The number of nitrogens with one attached hydrogen (secondary N) is 2. The smallest absolute Gasteiger partial charge is 0.257 e. The fraction of sp³-hybridized carbons (Fsp3) is 0.0417. The minimum atomic E-state index is -0.246. The molecule has 4 rings (SSSR count). The number of aromatic nitrogens is 1. The molecule has 0 aliphatic rings. The van der Waals surface area contributed by atoms with Gasteiger partial charge in [0, 0.05) is 16.8 Å². The van der Waals surface area contributed by atoms with Gasteiger partial charge < -0.3 is 5.32 Å². The number of amides is 2. The van der Waals surface area contributed by atoms with Crippen molar-refractivity contribution in [2.45, 2.75) is 6.92 Å². The number of thiazole rings is 1. The number of anilines is 2. The van der Waals surface area contributed by atoms with E-state index in [-0.39, 0.29) is 11.8 Å². The van der Waals surface area contributed by atoms with E-state index in [1.807, 2.05) is 55.5 Å². The summed E-state index contributed by atoms with van der Waals surface area (Å²) in [6, 6.07) is 25.7. The standard InChI is InChI=1S/C24H19N3O2S/c1-16-21(17-8-4-2-5-9-17)30-24(25-16)27-23(29)19-12-14-20(15-13-19)26-22(28)18-10-6-3-7-11-18/h2-15H,1H3,(H,26,28)(H,25,27,29). The number of rotatable bonds is 5. The van der Waals surface area contributed by atoms with Crippen molar-refractivity contribution in [1.29, 1.82) is 0 Å². The summed E-state index contributed by atoms with van der Waals surface area (Å²) >= 11 is 1.44. The molecule has 0 bridgehead atoms. The largest absolute Gasteiger partial charge is 0.322 e. The number of carbonyl (C=O) groups is 2. The van der Waals surface area contributed by atoms with Crippen LogP contribution in [0.4, 0.5) is 10.8 Å². The highest BCUT2D eigenvalue weighted by atomic mass is 32.1. The Bertz CT molecular complexity index is 1170. The molecular formula is C24H19N3O2S. The number of hydrogen-bond acceptors (Lipinski definition) is 4. The Morgan fingerprint density at radius 2 is 1.30 bits per heavy atom. The summed E-state index contributed by atoms with van der Waals surface area (Å²) in [5.41, 5.74) is 3.64. The lowest BCUT2D eigenvalue weighted by molar-refractivity contribution is 0.102. The van der Waals surface area contributed by atoms with E-state index in [1.54, 1.807) is 36.4 Å². The van der Waals surface area contributed by atoms with Crippen LogP contribution >= 0.6 is 11.3 Å². The monoisotopic (exact) mass is 413 g/mol. The predicted octanol–water partition coefficient (Wildman–Crippen LogP) is 5.62. The van der Waals surface area contributed by atoms with Crippen LogP contribution in [0.15, 0.2) is 84.9 Å². The highest BCUT2D eigenvalue weighted by Crippen LogP contribution is 2.32. The molecule has 4 aromatic rings. The number of nitrogens with zero attached hydrogens (tertiary/aromatic N) is 1. The summed E-state index contributed by atoms with van der Waals surface area (Å²) in [4.78, 5) is 30.3. The topological polar surface area (TPSA) is 71.1 Å². The van der Waals surface area contributed by atoms with Gasteiger partial charge in [0.25, 0.3) is 11.8 Å². The van der Waals surface area contributed by atoms with Crippen molar-refractivity contribution >= 4 is 34.0 Å². The molecule has 1 aromatic heterocycles. The molecule has 0 unspecified atom stereocenters. The van der Waals surface area contributed by atoms with Crippen LogP contribution in [-0.2, 0) is 0 Å². The molecular weight excluding hydrogens is 394 g/mol. The zero-order valence-corrected chi connectivity index (χ0v) is 17.1. The second kappa shape index (κ2) is 8.71. The van der Waals surface area contributed by atoms with E-state index in [2.05, 4.69) is 15.6 Å². The quantitative estimate of drug-likeness (QED) is 0.446. The molecule has 1 heterocycles. The first-order valence-electron chi connectivity index (χ1n) is 9.41.